The third kappa shape index (κ3) is 2.50. The van der Waals surface area contributed by atoms with E-state index in [9.17, 15) is 4.39 Å². The fourth-order valence-corrected chi connectivity index (χ4v) is 2.64. The van der Waals surface area contributed by atoms with Crippen LogP contribution in [0.25, 0.3) is 10.9 Å². The van der Waals surface area contributed by atoms with Crippen molar-refractivity contribution in [1.82, 2.24) is 4.57 Å². The number of halogens is 1. The summed E-state index contributed by atoms with van der Waals surface area (Å²) in [7, 11) is 1.46. The molecule has 108 valence electrons. The molecule has 1 aromatic heterocycles. The molecule has 0 radical (unpaired) electrons. The van der Waals surface area contributed by atoms with Crippen molar-refractivity contribution in [3.05, 3.63) is 65.6 Å². The SMILES string of the molecule is COc1ccc(Cn2ccc3cccc(CN)c32)cc1F. The summed E-state index contributed by atoms with van der Waals surface area (Å²) >= 11 is 0. The van der Waals surface area contributed by atoms with Gasteiger partial charge in [-0.2, -0.15) is 0 Å². The van der Waals surface area contributed by atoms with Crippen molar-refractivity contribution in [2.45, 2.75) is 13.1 Å². The van der Waals surface area contributed by atoms with Crippen LogP contribution in [-0.4, -0.2) is 11.7 Å². The molecule has 0 saturated carbocycles. The topological polar surface area (TPSA) is 40.2 Å². The molecule has 0 aliphatic rings. The number of fused-ring (bicyclic) bond motifs is 1. The standard InChI is InChI=1S/C17H17FN2O/c1-21-16-6-5-12(9-15(16)18)11-20-8-7-13-3-2-4-14(10-19)17(13)20/h2-9H,10-11,19H2,1H3. The molecule has 0 aliphatic heterocycles. The molecule has 0 unspecified atom stereocenters. The van der Waals surface area contributed by atoms with E-state index in [2.05, 4.69) is 10.6 Å². The van der Waals surface area contributed by atoms with Gasteiger partial charge in [-0.1, -0.05) is 24.3 Å². The van der Waals surface area contributed by atoms with Crippen molar-refractivity contribution in [2.24, 2.45) is 5.73 Å². The summed E-state index contributed by atoms with van der Waals surface area (Å²) in [6, 6.07) is 13.2. The van der Waals surface area contributed by atoms with Crippen molar-refractivity contribution >= 4 is 10.9 Å². The number of nitrogens with two attached hydrogens (primary N) is 1. The van der Waals surface area contributed by atoms with Gasteiger partial charge in [0.15, 0.2) is 11.6 Å². The van der Waals surface area contributed by atoms with Crippen LogP contribution in [0.1, 0.15) is 11.1 Å². The van der Waals surface area contributed by atoms with Crippen molar-refractivity contribution in [2.75, 3.05) is 7.11 Å². The van der Waals surface area contributed by atoms with E-state index >= 15 is 0 Å². The predicted octanol–water partition coefficient (Wildman–Crippen LogP) is 3.30. The number of aromatic nitrogens is 1. The molecule has 2 aromatic carbocycles. The number of nitrogens with zero attached hydrogens (tertiary/aromatic N) is 1. The number of para-hydroxylation sites is 1. The maximum atomic E-state index is 13.8. The molecule has 0 atom stereocenters. The lowest BCUT2D eigenvalue weighted by Crippen LogP contribution is -2.04. The second kappa shape index (κ2) is 5.58. The smallest absolute Gasteiger partial charge is 0.165 e. The van der Waals surface area contributed by atoms with Gasteiger partial charge in [0.25, 0.3) is 0 Å². The zero-order chi connectivity index (χ0) is 14.8. The van der Waals surface area contributed by atoms with Crippen molar-refractivity contribution in [1.29, 1.82) is 0 Å². The van der Waals surface area contributed by atoms with Gasteiger partial charge in [-0.3, -0.25) is 0 Å². The fourth-order valence-electron chi connectivity index (χ4n) is 2.64. The summed E-state index contributed by atoms with van der Waals surface area (Å²) in [5.41, 5.74) is 8.89. The zero-order valence-corrected chi connectivity index (χ0v) is 11.8. The molecule has 3 rings (SSSR count). The maximum Gasteiger partial charge on any atom is 0.165 e. The third-order valence-electron chi connectivity index (χ3n) is 3.66. The molecule has 0 aliphatic carbocycles. The molecule has 4 heteroatoms. The highest BCUT2D eigenvalue weighted by atomic mass is 19.1. The molecule has 1 heterocycles. The Morgan fingerprint density at radius 1 is 1.19 bits per heavy atom. The van der Waals surface area contributed by atoms with E-state index in [4.69, 9.17) is 10.5 Å². The second-order valence-electron chi connectivity index (χ2n) is 4.97. The van der Waals surface area contributed by atoms with Crippen molar-refractivity contribution in [3.8, 4) is 5.75 Å². The third-order valence-corrected chi connectivity index (χ3v) is 3.66. The Bertz CT molecular complexity index is 780. The fraction of sp³-hybridized carbons (Fsp3) is 0.176. The maximum absolute atomic E-state index is 13.8. The van der Waals surface area contributed by atoms with E-state index in [0.29, 0.717) is 13.1 Å². The Balaban J connectivity index is 2.00. The van der Waals surface area contributed by atoms with Crippen LogP contribution < -0.4 is 10.5 Å². The Morgan fingerprint density at radius 2 is 2.05 bits per heavy atom. The van der Waals surface area contributed by atoms with Crippen LogP contribution >= 0.6 is 0 Å². The van der Waals surface area contributed by atoms with E-state index in [0.717, 1.165) is 22.0 Å². The second-order valence-corrected chi connectivity index (χ2v) is 4.97. The van der Waals surface area contributed by atoms with E-state index in [1.807, 2.05) is 30.5 Å². The summed E-state index contributed by atoms with van der Waals surface area (Å²) in [6.07, 6.45) is 2.01. The summed E-state index contributed by atoms with van der Waals surface area (Å²) in [4.78, 5) is 0. The van der Waals surface area contributed by atoms with Gasteiger partial charge in [0.05, 0.1) is 12.6 Å². The van der Waals surface area contributed by atoms with Gasteiger partial charge >= 0.3 is 0 Å². The molecule has 0 amide bonds. The molecule has 21 heavy (non-hydrogen) atoms. The highest BCUT2D eigenvalue weighted by Crippen LogP contribution is 2.23. The molecule has 3 aromatic rings. The predicted molar refractivity (Wildman–Crippen MR) is 81.9 cm³/mol. The van der Waals surface area contributed by atoms with Gasteiger partial charge in [0, 0.05) is 19.3 Å². The van der Waals surface area contributed by atoms with Crippen LogP contribution in [0, 0.1) is 5.82 Å². The Labute approximate surface area is 122 Å². The van der Waals surface area contributed by atoms with Gasteiger partial charge in [-0.15, -0.1) is 0 Å². The minimum atomic E-state index is -0.342. The zero-order valence-electron chi connectivity index (χ0n) is 11.8. The van der Waals surface area contributed by atoms with Crippen LogP contribution in [0.5, 0.6) is 5.75 Å². The lowest BCUT2D eigenvalue weighted by molar-refractivity contribution is 0.386. The van der Waals surface area contributed by atoms with Crippen LogP contribution in [-0.2, 0) is 13.1 Å². The van der Waals surface area contributed by atoms with Crippen molar-refractivity contribution < 1.29 is 9.13 Å². The first-order chi connectivity index (χ1) is 10.2. The first kappa shape index (κ1) is 13.6. The quantitative estimate of drug-likeness (QED) is 0.798. The Hall–Kier alpha value is -2.33. The first-order valence-electron chi connectivity index (χ1n) is 6.82. The number of benzene rings is 2. The normalized spacial score (nSPS) is 11.0. The highest BCUT2D eigenvalue weighted by molar-refractivity contribution is 5.83. The number of methoxy groups -OCH3 is 1. The van der Waals surface area contributed by atoms with E-state index in [1.165, 1.54) is 13.2 Å². The monoisotopic (exact) mass is 284 g/mol. The van der Waals surface area contributed by atoms with Crippen LogP contribution in [0.2, 0.25) is 0 Å². The van der Waals surface area contributed by atoms with Crippen LogP contribution in [0.4, 0.5) is 4.39 Å². The summed E-state index contributed by atoms with van der Waals surface area (Å²) in [5, 5.41) is 1.15. The highest BCUT2D eigenvalue weighted by Gasteiger charge is 2.08. The lowest BCUT2D eigenvalue weighted by atomic mass is 10.1. The summed E-state index contributed by atoms with van der Waals surface area (Å²) in [6.45, 7) is 1.08. The van der Waals surface area contributed by atoms with Gasteiger partial charge in [-0.05, 0) is 34.7 Å². The van der Waals surface area contributed by atoms with Crippen molar-refractivity contribution in [3.63, 3.8) is 0 Å². The number of hydrogen-bond acceptors (Lipinski definition) is 2. The number of hydrogen-bond donors (Lipinski definition) is 1. The molecular weight excluding hydrogens is 267 g/mol. The Kier molecular flexibility index (Phi) is 3.62. The molecule has 3 nitrogen and oxygen atoms in total. The average molecular weight is 284 g/mol. The lowest BCUT2D eigenvalue weighted by Gasteiger charge is -2.10. The molecule has 0 saturated heterocycles. The van der Waals surface area contributed by atoms with Crippen LogP contribution in [0.3, 0.4) is 0 Å². The van der Waals surface area contributed by atoms with E-state index < -0.39 is 0 Å². The van der Waals surface area contributed by atoms with Gasteiger partial charge in [0.2, 0.25) is 0 Å². The molecule has 0 spiro atoms. The van der Waals surface area contributed by atoms with E-state index in [-0.39, 0.29) is 11.6 Å². The minimum Gasteiger partial charge on any atom is -0.494 e. The summed E-state index contributed by atoms with van der Waals surface area (Å²) < 4.78 is 20.8. The number of ether oxygens (including phenoxy) is 1. The first-order valence-corrected chi connectivity index (χ1v) is 6.82. The summed E-state index contributed by atoms with van der Waals surface area (Å²) in [5.74, 6) is -0.0794. The number of rotatable bonds is 4. The molecule has 2 N–H and O–H groups in total. The molecule has 0 bridgehead atoms. The average Bonchev–Trinajstić information content (AvgIpc) is 2.91. The minimum absolute atomic E-state index is 0.263. The molecular formula is C17H17FN2O. The molecule has 0 fully saturated rings. The van der Waals surface area contributed by atoms with Gasteiger partial charge in [0.1, 0.15) is 0 Å². The van der Waals surface area contributed by atoms with E-state index in [1.54, 1.807) is 6.07 Å². The van der Waals surface area contributed by atoms with Crippen LogP contribution in [0.15, 0.2) is 48.7 Å². The van der Waals surface area contributed by atoms with Gasteiger partial charge < -0.3 is 15.0 Å². The Morgan fingerprint density at radius 3 is 2.76 bits per heavy atom. The largest absolute Gasteiger partial charge is 0.494 e. The van der Waals surface area contributed by atoms with Gasteiger partial charge in [-0.25, -0.2) is 4.39 Å².